The monoisotopic (exact) mass is 300 g/mol. The molecule has 2 heterocycles. The first kappa shape index (κ1) is 14.4. The van der Waals surface area contributed by atoms with Crippen LogP contribution in [-0.4, -0.2) is 25.0 Å². The van der Waals surface area contributed by atoms with Crippen LogP contribution in [0.25, 0.3) is 6.08 Å². The van der Waals surface area contributed by atoms with Gasteiger partial charge in [-0.05, 0) is 31.2 Å². The Kier molecular flexibility index (Phi) is 3.50. The molecule has 1 aromatic heterocycles. The average Bonchev–Trinajstić information content (AvgIpc) is 2.99. The third-order valence-electron chi connectivity index (χ3n) is 3.48. The van der Waals surface area contributed by atoms with Crippen LogP contribution < -0.4 is 9.64 Å². The Hall–Kier alpha value is -2.53. The van der Waals surface area contributed by atoms with E-state index in [1.54, 1.807) is 24.3 Å². The molecule has 1 aromatic carbocycles. The predicted molar refractivity (Wildman–Crippen MR) is 81.0 cm³/mol. The van der Waals surface area contributed by atoms with E-state index in [4.69, 9.17) is 9.15 Å². The number of fused-ring (bicyclic) bond motifs is 1. The van der Waals surface area contributed by atoms with Crippen molar-refractivity contribution in [3.8, 4) is 11.5 Å². The van der Waals surface area contributed by atoms with Crippen molar-refractivity contribution in [3.05, 3.63) is 52.7 Å². The molecule has 0 saturated heterocycles. The summed E-state index contributed by atoms with van der Waals surface area (Å²) in [6.45, 7) is 2.40. The van der Waals surface area contributed by atoms with E-state index in [0.29, 0.717) is 29.2 Å². The minimum atomic E-state index is -0.195. The highest BCUT2D eigenvalue weighted by molar-refractivity contribution is 6.14. The fourth-order valence-electron chi connectivity index (χ4n) is 2.48. The van der Waals surface area contributed by atoms with E-state index in [1.165, 1.54) is 0 Å². The molecule has 114 valence electrons. The summed E-state index contributed by atoms with van der Waals surface area (Å²) >= 11 is 0. The molecule has 0 amide bonds. The highest BCUT2D eigenvalue weighted by Crippen LogP contribution is 2.39. The minimum absolute atomic E-state index is 0.142. The number of carbonyl (C=O) groups is 1. The van der Waals surface area contributed by atoms with Crippen molar-refractivity contribution in [1.82, 2.24) is 0 Å². The Morgan fingerprint density at radius 2 is 2.00 bits per heavy atom. The number of carbonyl (C=O) groups excluding carboxylic acids is 1. The lowest BCUT2D eigenvalue weighted by Gasteiger charge is -2.11. The molecule has 0 fully saturated rings. The second-order valence-corrected chi connectivity index (χ2v) is 5.71. The molecule has 1 aliphatic heterocycles. The van der Waals surface area contributed by atoms with E-state index in [9.17, 15) is 9.90 Å². The van der Waals surface area contributed by atoms with Gasteiger partial charge in [-0.15, -0.1) is 0 Å². The number of aromatic hydroxyl groups is 1. The standard InChI is InChI=1S/C17H17NO4/c1-10-4-5-11(21-10)8-15-16(20)12-6-7-14(19)13(9-18(2)3)17(12)22-15/h4-8,19H,9H2,1-3H3/p+1/b15-8-. The van der Waals surface area contributed by atoms with Gasteiger partial charge in [0.25, 0.3) is 0 Å². The Morgan fingerprint density at radius 1 is 1.23 bits per heavy atom. The molecule has 5 heteroatoms. The molecule has 0 saturated carbocycles. The van der Waals surface area contributed by atoms with Crippen LogP contribution in [0.5, 0.6) is 11.5 Å². The maximum absolute atomic E-state index is 12.4. The summed E-state index contributed by atoms with van der Waals surface area (Å²) in [7, 11) is 3.94. The zero-order valence-corrected chi connectivity index (χ0v) is 12.8. The van der Waals surface area contributed by atoms with E-state index in [-0.39, 0.29) is 17.3 Å². The Morgan fingerprint density at radius 3 is 2.64 bits per heavy atom. The van der Waals surface area contributed by atoms with Gasteiger partial charge in [-0.25, -0.2) is 0 Å². The number of aryl methyl sites for hydroxylation is 1. The van der Waals surface area contributed by atoms with Crippen LogP contribution in [0, 0.1) is 6.92 Å². The highest BCUT2D eigenvalue weighted by Gasteiger charge is 2.32. The largest absolute Gasteiger partial charge is 0.507 e. The lowest BCUT2D eigenvalue weighted by atomic mass is 10.0. The number of benzene rings is 1. The third kappa shape index (κ3) is 2.51. The van der Waals surface area contributed by atoms with Crippen molar-refractivity contribution < 1.29 is 24.0 Å². The zero-order valence-electron chi connectivity index (χ0n) is 12.8. The van der Waals surface area contributed by atoms with Crippen molar-refractivity contribution in [2.75, 3.05) is 14.1 Å². The van der Waals surface area contributed by atoms with E-state index in [1.807, 2.05) is 27.1 Å². The molecule has 3 rings (SSSR count). The first-order chi connectivity index (χ1) is 10.5. The maximum Gasteiger partial charge on any atom is 0.232 e. The molecular weight excluding hydrogens is 282 g/mol. The number of phenolic OH excluding ortho intramolecular Hbond substituents is 1. The molecular formula is C17H18NO4+. The fraction of sp³-hybridized carbons (Fsp3) is 0.235. The van der Waals surface area contributed by atoms with Crippen molar-refractivity contribution in [2.45, 2.75) is 13.5 Å². The third-order valence-corrected chi connectivity index (χ3v) is 3.48. The second kappa shape index (κ2) is 5.35. The van der Waals surface area contributed by atoms with Crippen LogP contribution >= 0.6 is 0 Å². The van der Waals surface area contributed by atoms with Gasteiger partial charge in [-0.3, -0.25) is 4.79 Å². The molecule has 0 spiro atoms. The number of phenols is 1. The SMILES string of the molecule is Cc1ccc(/C=C2\Oc3c(ccc(O)c3C[NH+](C)C)C2=O)o1. The van der Waals surface area contributed by atoms with Crippen molar-refractivity contribution in [3.63, 3.8) is 0 Å². The van der Waals surface area contributed by atoms with Gasteiger partial charge in [0.1, 0.15) is 23.8 Å². The number of Topliss-reactive ketones (excluding diaryl/α,β-unsaturated/α-hetero) is 1. The lowest BCUT2D eigenvalue weighted by Crippen LogP contribution is -3.04. The number of furan rings is 1. The summed E-state index contributed by atoms with van der Waals surface area (Å²) in [6.07, 6.45) is 1.58. The van der Waals surface area contributed by atoms with Gasteiger partial charge >= 0.3 is 0 Å². The van der Waals surface area contributed by atoms with E-state index in [2.05, 4.69) is 0 Å². The molecule has 0 bridgehead atoms. The maximum atomic E-state index is 12.4. The molecule has 1 aliphatic rings. The van der Waals surface area contributed by atoms with Gasteiger partial charge in [-0.2, -0.15) is 0 Å². The van der Waals surface area contributed by atoms with Crippen LogP contribution in [0.1, 0.15) is 27.4 Å². The summed E-state index contributed by atoms with van der Waals surface area (Å²) in [5.74, 6) is 1.94. The smallest absolute Gasteiger partial charge is 0.232 e. The number of ether oxygens (including phenoxy) is 1. The molecule has 0 radical (unpaired) electrons. The van der Waals surface area contributed by atoms with Crippen LogP contribution in [0.2, 0.25) is 0 Å². The molecule has 2 aromatic rings. The topological polar surface area (TPSA) is 64.1 Å². The van der Waals surface area contributed by atoms with Gasteiger partial charge in [0.15, 0.2) is 11.5 Å². The normalized spacial score (nSPS) is 15.5. The number of allylic oxidation sites excluding steroid dienone is 1. The van der Waals surface area contributed by atoms with Gasteiger partial charge < -0.3 is 19.2 Å². The molecule has 22 heavy (non-hydrogen) atoms. The average molecular weight is 300 g/mol. The molecule has 0 unspecified atom stereocenters. The zero-order chi connectivity index (χ0) is 15.9. The molecule has 2 N–H and O–H groups in total. The first-order valence-electron chi connectivity index (χ1n) is 7.10. The minimum Gasteiger partial charge on any atom is -0.507 e. The van der Waals surface area contributed by atoms with Crippen LogP contribution in [0.15, 0.2) is 34.4 Å². The number of nitrogens with one attached hydrogen (secondary N) is 1. The number of rotatable bonds is 3. The summed E-state index contributed by atoms with van der Waals surface area (Å²) in [5.41, 5.74) is 1.12. The second-order valence-electron chi connectivity index (χ2n) is 5.71. The first-order valence-corrected chi connectivity index (χ1v) is 7.10. The number of hydrogen-bond acceptors (Lipinski definition) is 4. The summed E-state index contributed by atoms with van der Waals surface area (Å²) in [6, 6.07) is 6.74. The highest BCUT2D eigenvalue weighted by atomic mass is 16.5. The fourth-order valence-corrected chi connectivity index (χ4v) is 2.48. The van der Waals surface area contributed by atoms with E-state index in [0.717, 1.165) is 10.7 Å². The Balaban J connectivity index is 2.01. The van der Waals surface area contributed by atoms with E-state index < -0.39 is 0 Å². The molecule has 0 atom stereocenters. The number of quaternary nitrogens is 1. The van der Waals surface area contributed by atoms with Gasteiger partial charge in [0.2, 0.25) is 5.78 Å². The van der Waals surface area contributed by atoms with Crippen molar-refractivity contribution in [1.29, 1.82) is 0 Å². The predicted octanol–water partition coefficient (Wildman–Crippen LogP) is 1.55. The summed E-state index contributed by atoms with van der Waals surface area (Å²) in [5, 5.41) is 10.0. The number of ketones is 1. The van der Waals surface area contributed by atoms with Gasteiger partial charge in [-0.1, -0.05) is 0 Å². The van der Waals surface area contributed by atoms with Crippen LogP contribution in [-0.2, 0) is 6.54 Å². The van der Waals surface area contributed by atoms with Crippen LogP contribution in [0.3, 0.4) is 0 Å². The van der Waals surface area contributed by atoms with Gasteiger partial charge in [0, 0.05) is 6.08 Å². The van der Waals surface area contributed by atoms with Crippen molar-refractivity contribution in [2.24, 2.45) is 0 Å². The summed E-state index contributed by atoms with van der Waals surface area (Å²) < 4.78 is 11.2. The quantitative estimate of drug-likeness (QED) is 0.844. The Bertz CT molecular complexity index is 771. The van der Waals surface area contributed by atoms with Crippen LogP contribution in [0.4, 0.5) is 0 Å². The van der Waals surface area contributed by atoms with Crippen molar-refractivity contribution >= 4 is 11.9 Å². The number of hydrogen-bond donors (Lipinski definition) is 2. The summed E-state index contributed by atoms with van der Waals surface area (Å²) in [4.78, 5) is 13.6. The lowest BCUT2D eigenvalue weighted by molar-refractivity contribution is -0.872. The molecule has 5 nitrogen and oxygen atoms in total. The van der Waals surface area contributed by atoms with Gasteiger partial charge in [0.05, 0.1) is 25.2 Å². The Labute approximate surface area is 128 Å². The van der Waals surface area contributed by atoms with E-state index >= 15 is 0 Å². The molecule has 0 aliphatic carbocycles.